The summed E-state index contributed by atoms with van der Waals surface area (Å²) in [6, 6.07) is 7.29. The van der Waals surface area contributed by atoms with Crippen LogP contribution < -0.4 is 0 Å². The molecule has 0 saturated carbocycles. The van der Waals surface area contributed by atoms with Crippen molar-refractivity contribution in [2.75, 3.05) is 0 Å². The highest BCUT2D eigenvalue weighted by Gasteiger charge is 2.20. The van der Waals surface area contributed by atoms with Gasteiger partial charge in [0, 0.05) is 23.2 Å². The fourth-order valence-corrected chi connectivity index (χ4v) is 2.17. The predicted octanol–water partition coefficient (Wildman–Crippen LogP) is 3.00. The van der Waals surface area contributed by atoms with Gasteiger partial charge in [0.2, 0.25) is 0 Å². The first-order valence-electron chi connectivity index (χ1n) is 5.59. The third kappa shape index (κ3) is 2.11. The molecule has 0 aliphatic rings. The third-order valence-electron chi connectivity index (χ3n) is 2.82. The Bertz CT molecular complexity index is 588. The number of carbonyl (C=O) groups is 1. The topological polar surface area (TPSA) is 55.1 Å². The van der Waals surface area contributed by atoms with Crippen molar-refractivity contribution >= 4 is 17.6 Å². The molecule has 0 atom stereocenters. The summed E-state index contributed by atoms with van der Waals surface area (Å²) in [5.41, 5.74) is 2.60. The Morgan fingerprint density at radius 1 is 1.39 bits per heavy atom. The monoisotopic (exact) mass is 264 g/mol. The van der Waals surface area contributed by atoms with Crippen LogP contribution in [0, 0.1) is 0 Å². The van der Waals surface area contributed by atoms with Gasteiger partial charge in [-0.05, 0) is 18.6 Å². The quantitative estimate of drug-likeness (QED) is 0.927. The zero-order valence-electron chi connectivity index (χ0n) is 10.1. The molecule has 0 fully saturated rings. The van der Waals surface area contributed by atoms with Crippen LogP contribution in [0.3, 0.4) is 0 Å². The summed E-state index contributed by atoms with van der Waals surface area (Å²) in [5.74, 6) is -0.998. The maximum absolute atomic E-state index is 11.1. The minimum absolute atomic E-state index is 0.116. The molecule has 0 unspecified atom stereocenters. The lowest BCUT2D eigenvalue weighted by molar-refractivity contribution is 0.0688. The van der Waals surface area contributed by atoms with Crippen molar-refractivity contribution < 1.29 is 9.90 Å². The third-order valence-corrected chi connectivity index (χ3v) is 3.07. The van der Waals surface area contributed by atoms with E-state index in [9.17, 15) is 4.79 Å². The van der Waals surface area contributed by atoms with Crippen LogP contribution in [-0.2, 0) is 13.5 Å². The molecule has 1 N–H and O–H groups in total. The van der Waals surface area contributed by atoms with E-state index in [1.807, 2.05) is 19.1 Å². The molecule has 0 aliphatic heterocycles. The molecule has 4 nitrogen and oxygen atoms in total. The molecule has 0 amide bonds. The van der Waals surface area contributed by atoms with Gasteiger partial charge in [0.1, 0.15) is 0 Å². The maximum atomic E-state index is 11.1. The van der Waals surface area contributed by atoms with Crippen molar-refractivity contribution in [2.24, 2.45) is 7.05 Å². The van der Waals surface area contributed by atoms with Crippen molar-refractivity contribution in [2.45, 2.75) is 13.3 Å². The van der Waals surface area contributed by atoms with Crippen molar-refractivity contribution in [1.82, 2.24) is 9.78 Å². The average molecular weight is 265 g/mol. The van der Waals surface area contributed by atoms with E-state index in [0.29, 0.717) is 11.4 Å². The number of carboxylic acid groups (broad SMARTS) is 1. The van der Waals surface area contributed by atoms with Gasteiger partial charge in [-0.15, -0.1) is 0 Å². The summed E-state index contributed by atoms with van der Waals surface area (Å²) in [5, 5.41) is 13.8. The summed E-state index contributed by atoms with van der Waals surface area (Å²) < 4.78 is 1.60. The second kappa shape index (κ2) is 4.82. The summed E-state index contributed by atoms with van der Waals surface area (Å²) in [6.07, 6.45) is 0.618. The number of rotatable bonds is 3. The van der Waals surface area contributed by atoms with Gasteiger partial charge in [-0.1, -0.05) is 30.7 Å². The van der Waals surface area contributed by atoms with Gasteiger partial charge >= 0.3 is 5.97 Å². The minimum atomic E-state index is -0.998. The molecule has 5 heteroatoms. The van der Waals surface area contributed by atoms with Crippen LogP contribution in [0.5, 0.6) is 0 Å². The lowest BCUT2D eigenvalue weighted by Gasteiger charge is -2.05. The van der Waals surface area contributed by atoms with Crippen molar-refractivity contribution in [3.05, 3.63) is 40.5 Å². The van der Waals surface area contributed by atoms with Crippen molar-refractivity contribution in [3.8, 4) is 11.3 Å². The van der Waals surface area contributed by atoms with E-state index in [4.69, 9.17) is 16.7 Å². The van der Waals surface area contributed by atoms with Gasteiger partial charge in [0.25, 0.3) is 0 Å². The second-order valence-corrected chi connectivity index (χ2v) is 4.40. The van der Waals surface area contributed by atoms with Crippen molar-refractivity contribution in [3.63, 3.8) is 0 Å². The highest BCUT2D eigenvalue weighted by atomic mass is 35.5. The number of carboxylic acids is 1. The molecule has 1 aromatic heterocycles. The largest absolute Gasteiger partial charge is 0.476 e. The van der Waals surface area contributed by atoms with Crippen LogP contribution in [0.1, 0.15) is 23.0 Å². The number of nitrogens with zero attached hydrogens (tertiary/aromatic N) is 2. The molecule has 2 rings (SSSR count). The summed E-state index contributed by atoms with van der Waals surface area (Å²) in [4.78, 5) is 11.1. The van der Waals surface area contributed by atoms with E-state index in [-0.39, 0.29) is 5.69 Å². The molecule has 0 spiro atoms. The molecular formula is C13H13ClN2O2. The number of aryl methyl sites for hydroxylation is 1. The number of benzene rings is 1. The van der Waals surface area contributed by atoms with Crippen LogP contribution >= 0.6 is 11.6 Å². The molecule has 18 heavy (non-hydrogen) atoms. The summed E-state index contributed by atoms with van der Waals surface area (Å²) in [6.45, 7) is 1.92. The minimum Gasteiger partial charge on any atom is -0.476 e. The number of halogens is 1. The standard InChI is InChI=1S/C13H13ClN2O2/c1-3-10-11(13(17)18)15-16(2)12(10)8-4-6-9(14)7-5-8/h4-7H,3H2,1-2H3,(H,17,18). The fraction of sp³-hybridized carbons (Fsp3) is 0.231. The molecule has 2 aromatic rings. The number of hydrogen-bond donors (Lipinski definition) is 1. The van der Waals surface area contributed by atoms with Gasteiger partial charge in [-0.3, -0.25) is 4.68 Å². The zero-order chi connectivity index (χ0) is 13.3. The van der Waals surface area contributed by atoms with Crippen LogP contribution in [0.15, 0.2) is 24.3 Å². The van der Waals surface area contributed by atoms with E-state index in [1.165, 1.54) is 0 Å². The predicted molar refractivity (Wildman–Crippen MR) is 70.0 cm³/mol. The first-order chi connectivity index (χ1) is 8.54. The smallest absolute Gasteiger partial charge is 0.356 e. The second-order valence-electron chi connectivity index (χ2n) is 3.96. The Balaban J connectivity index is 2.63. The SMILES string of the molecule is CCc1c(C(=O)O)nn(C)c1-c1ccc(Cl)cc1. The first-order valence-corrected chi connectivity index (χ1v) is 5.97. The molecular weight excluding hydrogens is 252 g/mol. The van der Waals surface area contributed by atoms with E-state index < -0.39 is 5.97 Å². The molecule has 0 radical (unpaired) electrons. The van der Waals surface area contributed by atoms with E-state index >= 15 is 0 Å². The molecule has 1 aromatic carbocycles. The van der Waals surface area contributed by atoms with E-state index in [2.05, 4.69) is 5.10 Å². The van der Waals surface area contributed by atoms with Crippen LogP contribution in [0.2, 0.25) is 5.02 Å². The maximum Gasteiger partial charge on any atom is 0.356 e. The molecule has 0 aliphatic carbocycles. The first kappa shape index (κ1) is 12.6. The van der Waals surface area contributed by atoms with Gasteiger partial charge in [0.15, 0.2) is 5.69 Å². The highest BCUT2D eigenvalue weighted by molar-refractivity contribution is 6.30. The number of aromatic nitrogens is 2. The Morgan fingerprint density at radius 2 is 2.00 bits per heavy atom. The number of hydrogen-bond acceptors (Lipinski definition) is 2. The van der Waals surface area contributed by atoms with E-state index in [0.717, 1.165) is 16.8 Å². The Kier molecular flexibility index (Phi) is 3.39. The normalized spacial score (nSPS) is 10.6. The lowest BCUT2D eigenvalue weighted by Crippen LogP contribution is -2.01. The van der Waals surface area contributed by atoms with E-state index in [1.54, 1.807) is 23.9 Å². The van der Waals surface area contributed by atoms with Crippen LogP contribution in [0.4, 0.5) is 0 Å². The Hall–Kier alpha value is -1.81. The van der Waals surface area contributed by atoms with Crippen molar-refractivity contribution in [1.29, 1.82) is 0 Å². The zero-order valence-corrected chi connectivity index (χ0v) is 10.9. The Labute approximate surface area is 110 Å². The highest BCUT2D eigenvalue weighted by Crippen LogP contribution is 2.27. The Morgan fingerprint density at radius 3 is 2.50 bits per heavy atom. The summed E-state index contributed by atoms with van der Waals surface area (Å²) >= 11 is 5.85. The lowest BCUT2D eigenvalue weighted by atomic mass is 10.0. The molecule has 0 saturated heterocycles. The molecule has 1 heterocycles. The van der Waals surface area contributed by atoms with Gasteiger partial charge < -0.3 is 5.11 Å². The van der Waals surface area contributed by atoms with Gasteiger partial charge in [0.05, 0.1) is 5.69 Å². The number of aromatic carboxylic acids is 1. The molecule has 0 bridgehead atoms. The van der Waals surface area contributed by atoms with Gasteiger partial charge in [-0.25, -0.2) is 4.79 Å². The van der Waals surface area contributed by atoms with Crippen LogP contribution in [-0.4, -0.2) is 20.9 Å². The average Bonchev–Trinajstić information content (AvgIpc) is 2.67. The van der Waals surface area contributed by atoms with Crippen LogP contribution in [0.25, 0.3) is 11.3 Å². The summed E-state index contributed by atoms with van der Waals surface area (Å²) in [7, 11) is 1.75. The fourth-order valence-electron chi connectivity index (χ4n) is 2.04. The molecule has 94 valence electrons. The van der Waals surface area contributed by atoms with Gasteiger partial charge in [-0.2, -0.15) is 5.10 Å².